The zero-order valence-electron chi connectivity index (χ0n) is 7.93. The van der Waals surface area contributed by atoms with Crippen LogP contribution in [-0.4, -0.2) is 11.8 Å². The Hall–Kier alpha value is -2.15. The summed E-state index contributed by atoms with van der Waals surface area (Å²) >= 11 is 0. The molecule has 1 aliphatic heterocycles. The van der Waals surface area contributed by atoms with Gasteiger partial charge in [0.15, 0.2) is 0 Å². The normalized spacial score (nSPS) is 15.5. The van der Waals surface area contributed by atoms with E-state index in [4.69, 9.17) is 5.26 Å². The van der Waals surface area contributed by atoms with Gasteiger partial charge in [0.1, 0.15) is 0 Å². The van der Waals surface area contributed by atoms with Crippen LogP contribution in [0.2, 0.25) is 0 Å². The Kier molecular flexibility index (Phi) is 2.22. The summed E-state index contributed by atoms with van der Waals surface area (Å²) in [5, 5.41) is 8.60. The van der Waals surface area contributed by atoms with E-state index in [2.05, 4.69) is 0 Å². The van der Waals surface area contributed by atoms with Gasteiger partial charge in [-0.2, -0.15) is 5.26 Å². The van der Waals surface area contributed by atoms with Gasteiger partial charge in [0.2, 0.25) is 11.8 Å². The molecule has 4 nitrogen and oxygen atoms in total. The van der Waals surface area contributed by atoms with Crippen LogP contribution in [0.1, 0.15) is 18.4 Å². The monoisotopic (exact) mass is 200 g/mol. The highest BCUT2D eigenvalue weighted by molar-refractivity contribution is 6.19. The van der Waals surface area contributed by atoms with E-state index < -0.39 is 0 Å². The predicted octanol–water partition coefficient (Wildman–Crippen LogP) is 1.21. The fourth-order valence-electron chi connectivity index (χ4n) is 1.55. The minimum atomic E-state index is -0.176. The molecule has 0 radical (unpaired) electrons. The maximum absolute atomic E-state index is 11.4. The average Bonchev–Trinajstić information content (AvgIpc) is 2.59. The average molecular weight is 200 g/mol. The summed E-state index contributed by atoms with van der Waals surface area (Å²) in [6.45, 7) is 0. The third kappa shape index (κ3) is 1.59. The molecule has 0 bridgehead atoms. The number of benzene rings is 1. The Morgan fingerprint density at radius 3 is 2.07 bits per heavy atom. The van der Waals surface area contributed by atoms with Gasteiger partial charge in [-0.15, -0.1) is 0 Å². The second-order valence-electron chi connectivity index (χ2n) is 3.28. The standard InChI is InChI=1S/C11H8N2O2/c12-7-8-1-3-9(4-2-8)13-10(14)5-6-11(13)15/h1-4H,5-6H2. The van der Waals surface area contributed by atoms with E-state index in [1.54, 1.807) is 24.3 Å². The number of anilines is 1. The first-order valence-corrected chi connectivity index (χ1v) is 4.58. The van der Waals surface area contributed by atoms with E-state index in [0.29, 0.717) is 11.3 Å². The van der Waals surface area contributed by atoms with Crippen molar-refractivity contribution in [3.63, 3.8) is 0 Å². The topological polar surface area (TPSA) is 61.2 Å². The molecule has 0 atom stereocenters. The number of amides is 2. The molecular formula is C11H8N2O2. The molecule has 1 fully saturated rings. The van der Waals surface area contributed by atoms with Crippen molar-refractivity contribution in [1.29, 1.82) is 5.26 Å². The Morgan fingerprint density at radius 2 is 1.60 bits per heavy atom. The van der Waals surface area contributed by atoms with Crippen molar-refractivity contribution in [3.8, 4) is 6.07 Å². The number of hydrogen-bond acceptors (Lipinski definition) is 3. The molecule has 1 aromatic rings. The van der Waals surface area contributed by atoms with Gasteiger partial charge in [-0.1, -0.05) is 0 Å². The molecule has 1 saturated heterocycles. The first kappa shape index (κ1) is 9.41. The van der Waals surface area contributed by atoms with Crippen LogP contribution in [0.15, 0.2) is 24.3 Å². The molecule has 15 heavy (non-hydrogen) atoms. The van der Waals surface area contributed by atoms with Crippen LogP contribution < -0.4 is 4.90 Å². The van der Waals surface area contributed by atoms with Gasteiger partial charge in [-0.3, -0.25) is 14.5 Å². The molecule has 4 heteroatoms. The van der Waals surface area contributed by atoms with E-state index in [-0.39, 0.29) is 24.7 Å². The minimum absolute atomic E-state index is 0.176. The Bertz CT molecular complexity index is 440. The van der Waals surface area contributed by atoms with Gasteiger partial charge < -0.3 is 0 Å². The van der Waals surface area contributed by atoms with Gasteiger partial charge in [-0.05, 0) is 24.3 Å². The molecule has 0 N–H and O–H groups in total. The summed E-state index contributed by atoms with van der Waals surface area (Å²) < 4.78 is 0. The first-order valence-electron chi connectivity index (χ1n) is 4.58. The van der Waals surface area contributed by atoms with E-state index in [1.807, 2.05) is 6.07 Å². The van der Waals surface area contributed by atoms with Crippen molar-refractivity contribution in [2.45, 2.75) is 12.8 Å². The molecule has 0 aromatic heterocycles. The molecule has 1 aromatic carbocycles. The molecule has 0 saturated carbocycles. The van der Waals surface area contributed by atoms with Gasteiger partial charge >= 0.3 is 0 Å². The van der Waals surface area contributed by atoms with E-state index >= 15 is 0 Å². The van der Waals surface area contributed by atoms with E-state index in [9.17, 15) is 9.59 Å². The summed E-state index contributed by atoms with van der Waals surface area (Å²) in [6.07, 6.45) is 0.553. The van der Waals surface area contributed by atoms with Crippen molar-refractivity contribution < 1.29 is 9.59 Å². The molecule has 2 amide bonds. The lowest BCUT2D eigenvalue weighted by Crippen LogP contribution is -2.28. The molecular weight excluding hydrogens is 192 g/mol. The smallest absolute Gasteiger partial charge is 0.234 e. The van der Waals surface area contributed by atoms with Crippen LogP contribution >= 0.6 is 0 Å². The number of imide groups is 1. The number of nitrogens with zero attached hydrogens (tertiary/aromatic N) is 2. The second-order valence-corrected chi connectivity index (χ2v) is 3.28. The van der Waals surface area contributed by atoms with E-state index in [0.717, 1.165) is 0 Å². The van der Waals surface area contributed by atoms with Crippen LogP contribution in [-0.2, 0) is 9.59 Å². The molecule has 1 heterocycles. The molecule has 0 spiro atoms. The van der Waals surface area contributed by atoms with Crippen molar-refractivity contribution in [2.24, 2.45) is 0 Å². The zero-order chi connectivity index (χ0) is 10.8. The maximum atomic E-state index is 11.4. The number of carbonyl (C=O) groups excluding carboxylic acids is 2. The van der Waals surface area contributed by atoms with Gasteiger partial charge in [0.05, 0.1) is 17.3 Å². The fraction of sp³-hybridized carbons (Fsp3) is 0.182. The third-order valence-electron chi connectivity index (χ3n) is 2.31. The lowest BCUT2D eigenvalue weighted by atomic mass is 10.2. The van der Waals surface area contributed by atoms with Crippen LogP contribution in [0.4, 0.5) is 5.69 Å². The van der Waals surface area contributed by atoms with Gasteiger partial charge in [0, 0.05) is 12.8 Å². The largest absolute Gasteiger partial charge is 0.274 e. The van der Waals surface area contributed by atoms with Crippen molar-refractivity contribution in [2.75, 3.05) is 4.90 Å². The lowest BCUT2D eigenvalue weighted by molar-refractivity contribution is -0.121. The number of carbonyl (C=O) groups is 2. The Morgan fingerprint density at radius 1 is 1.07 bits per heavy atom. The third-order valence-corrected chi connectivity index (χ3v) is 2.31. The molecule has 74 valence electrons. The molecule has 1 aliphatic rings. The number of hydrogen-bond donors (Lipinski definition) is 0. The highest BCUT2D eigenvalue weighted by atomic mass is 16.2. The number of rotatable bonds is 1. The van der Waals surface area contributed by atoms with Gasteiger partial charge in [-0.25, -0.2) is 0 Å². The van der Waals surface area contributed by atoms with Gasteiger partial charge in [0.25, 0.3) is 0 Å². The van der Waals surface area contributed by atoms with E-state index in [1.165, 1.54) is 4.90 Å². The first-order chi connectivity index (χ1) is 7.22. The Balaban J connectivity index is 2.34. The summed E-state index contributed by atoms with van der Waals surface area (Å²) in [7, 11) is 0. The quantitative estimate of drug-likeness (QED) is 0.640. The maximum Gasteiger partial charge on any atom is 0.234 e. The Labute approximate surface area is 86.7 Å². The van der Waals surface area contributed by atoms with Crippen LogP contribution in [0.25, 0.3) is 0 Å². The second kappa shape index (κ2) is 3.54. The van der Waals surface area contributed by atoms with Crippen molar-refractivity contribution >= 4 is 17.5 Å². The molecule has 2 rings (SSSR count). The fourth-order valence-corrected chi connectivity index (χ4v) is 1.55. The van der Waals surface area contributed by atoms with Crippen LogP contribution in [0.3, 0.4) is 0 Å². The summed E-state index contributed by atoms with van der Waals surface area (Å²) in [5.41, 5.74) is 1.05. The SMILES string of the molecule is N#Cc1ccc(N2C(=O)CCC2=O)cc1. The summed E-state index contributed by atoms with van der Waals surface area (Å²) in [6, 6.07) is 8.38. The highest BCUT2D eigenvalue weighted by Gasteiger charge is 2.29. The van der Waals surface area contributed by atoms with Crippen molar-refractivity contribution in [3.05, 3.63) is 29.8 Å². The van der Waals surface area contributed by atoms with Crippen LogP contribution in [0.5, 0.6) is 0 Å². The zero-order valence-corrected chi connectivity index (χ0v) is 7.93. The highest BCUT2D eigenvalue weighted by Crippen LogP contribution is 2.22. The van der Waals surface area contributed by atoms with Crippen LogP contribution in [0, 0.1) is 11.3 Å². The summed E-state index contributed by atoms with van der Waals surface area (Å²) in [5.74, 6) is -0.352. The summed E-state index contributed by atoms with van der Waals surface area (Å²) in [4.78, 5) is 23.9. The molecule has 0 unspecified atom stereocenters. The predicted molar refractivity (Wildman–Crippen MR) is 52.9 cm³/mol. The van der Waals surface area contributed by atoms with Crippen molar-refractivity contribution in [1.82, 2.24) is 0 Å². The number of nitriles is 1. The molecule has 0 aliphatic carbocycles. The lowest BCUT2D eigenvalue weighted by Gasteiger charge is -2.13. The minimum Gasteiger partial charge on any atom is -0.274 e.